The number of aryl methyl sites for hydroxylation is 1. The number of halogens is 9. The van der Waals surface area contributed by atoms with Crippen LogP contribution in [0.15, 0.2) is 30.6 Å². The number of hydrogen-bond donors (Lipinski definition) is 0. The van der Waals surface area contributed by atoms with Gasteiger partial charge in [0.1, 0.15) is 16.7 Å². The maximum atomic E-state index is 14.2. The second-order valence-corrected chi connectivity index (χ2v) is 13.5. The van der Waals surface area contributed by atoms with Gasteiger partial charge in [-0.15, -0.1) is 0 Å². The molecule has 3 aromatic rings. The minimum Gasteiger partial charge on any atom is -0.460 e. The highest BCUT2D eigenvalue weighted by Gasteiger charge is 2.64. The largest absolute Gasteiger partial charge is 0.460 e. The Kier molecular flexibility index (Phi) is 9.19. The van der Waals surface area contributed by atoms with Crippen LogP contribution in [-0.4, -0.2) is 66.4 Å². The van der Waals surface area contributed by atoms with Gasteiger partial charge in [0.15, 0.2) is 18.2 Å². The molecule has 2 aromatic heterocycles. The zero-order chi connectivity index (χ0) is 38.1. The summed E-state index contributed by atoms with van der Waals surface area (Å²) >= 11 is 6.33. The summed E-state index contributed by atoms with van der Waals surface area (Å²) in [5.41, 5.74) is -7.25. The number of alkyl halides is 8. The summed E-state index contributed by atoms with van der Waals surface area (Å²) in [6.07, 6.45) is -9.65. The molecule has 2 heterocycles. The SMILES string of the molecule is Cn1nc(C(F)(F)C(F)(F)F)c(C(F)(F)F)c1-n1cc(-c2ccc(Cl)c(C(=O)N(COC(=O)C3CC3C(=O)OC(C)(C)C)C3(C#N)CC3)c2)cn1. The number of aromatic nitrogens is 4. The van der Waals surface area contributed by atoms with Crippen LogP contribution in [0.3, 0.4) is 0 Å². The molecule has 20 heteroatoms. The van der Waals surface area contributed by atoms with Crippen molar-refractivity contribution in [2.45, 2.75) is 69.4 Å². The summed E-state index contributed by atoms with van der Waals surface area (Å²) in [7, 11) is 0.728. The lowest BCUT2D eigenvalue weighted by Gasteiger charge is -2.27. The predicted octanol–water partition coefficient (Wildman–Crippen LogP) is 6.58. The molecule has 0 N–H and O–H groups in total. The number of amides is 1. The maximum Gasteiger partial charge on any atom is 0.459 e. The van der Waals surface area contributed by atoms with E-state index in [0.717, 1.165) is 24.3 Å². The predicted molar refractivity (Wildman–Crippen MR) is 158 cm³/mol. The van der Waals surface area contributed by atoms with Crippen molar-refractivity contribution in [2.24, 2.45) is 18.9 Å². The molecule has 51 heavy (non-hydrogen) atoms. The van der Waals surface area contributed by atoms with Crippen molar-refractivity contribution in [1.82, 2.24) is 24.5 Å². The van der Waals surface area contributed by atoms with Gasteiger partial charge in [-0.05, 0) is 57.7 Å². The first kappa shape index (κ1) is 37.5. The number of nitrogens with zero attached hydrogens (tertiary/aromatic N) is 6. The van der Waals surface area contributed by atoms with Crippen molar-refractivity contribution in [1.29, 1.82) is 5.26 Å². The van der Waals surface area contributed by atoms with Gasteiger partial charge >= 0.3 is 30.2 Å². The average molecular weight is 751 g/mol. The third kappa shape index (κ3) is 7.23. The highest BCUT2D eigenvalue weighted by molar-refractivity contribution is 6.34. The fraction of sp³-hybridized carbons (Fsp3) is 0.484. The van der Waals surface area contributed by atoms with Gasteiger partial charge in [-0.3, -0.25) is 19.3 Å². The second-order valence-electron chi connectivity index (χ2n) is 13.1. The van der Waals surface area contributed by atoms with E-state index in [1.807, 2.05) is 6.07 Å². The first-order chi connectivity index (χ1) is 23.4. The molecule has 2 unspecified atom stereocenters. The number of rotatable bonds is 9. The van der Waals surface area contributed by atoms with Crippen LogP contribution >= 0.6 is 11.6 Å². The number of esters is 2. The molecule has 0 saturated heterocycles. The van der Waals surface area contributed by atoms with Crippen molar-refractivity contribution < 1.29 is 59.0 Å². The number of ether oxygens (including phenoxy) is 2. The molecule has 2 atom stereocenters. The van der Waals surface area contributed by atoms with Crippen LogP contribution in [-0.2, 0) is 38.2 Å². The van der Waals surface area contributed by atoms with Gasteiger partial charge in [0, 0.05) is 18.8 Å². The van der Waals surface area contributed by atoms with E-state index in [-0.39, 0.29) is 45.7 Å². The minimum absolute atomic E-state index is 0.0273. The Morgan fingerprint density at radius 3 is 2.22 bits per heavy atom. The highest BCUT2D eigenvalue weighted by Crippen LogP contribution is 2.49. The Morgan fingerprint density at radius 1 is 1.04 bits per heavy atom. The van der Waals surface area contributed by atoms with E-state index >= 15 is 0 Å². The first-order valence-electron chi connectivity index (χ1n) is 15.0. The van der Waals surface area contributed by atoms with Crippen LogP contribution in [0.2, 0.25) is 5.02 Å². The molecule has 0 aliphatic heterocycles. The third-order valence-electron chi connectivity index (χ3n) is 8.12. The van der Waals surface area contributed by atoms with E-state index in [0.29, 0.717) is 4.68 Å². The van der Waals surface area contributed by atoms with E-state index in [1.54, 1.807) is 20.8 Å². The van der Waals surface area contributed by atoms with E-state index in [2.05, 4.69) is 10.2 Å². The summed E-state index contributed by atoms with van der Waals surface area (Å²) in [5.74, 6) is -11.0. The second kappa shape index (κ2) is 12.5. The van der Waals surface area contributed by atoms with Crippen molar-refractivity contribution >= 4 is 29.4 Å². The summed E-state index contributed by atoms with van der Waals surface area (Å²) in [4.78, 5) is 39.9. The third-order valence-corrected chi connectivity index (χ3v) is 8.45. The number of carbonyl (C=O) groups excluding carboxylic acids is 3. The van der Waals surface area contributed by atoms with Crippen molar-refractivity contribution in [2.75, 3.05) is 6.73 Å². The quantitative estimate of drug-likeness (QED) is 0.136. The molecular formula is C31H27ClF8N6O5. The molecule has 2 saturated carbocycles. The van der Waals surface area contributed by atoms with E-state index in [9.17, 15) is 54.8 Å². The van der Waals surface area contributed by atoms with Crippen LogP contribution in [0.25, 0.3) is 16.9 Å². The van der Waals surface area contributed by atoms with Gasteiger partial charge < -0.3 is 9.47 Å². The average Bonchev–Trinajstić information content (AvgIpc) is 3.90. The Balaban J connectivity index is 1.42. The standard InChI is InChI=1S/C31H27ClF8N6O5/c1-27(2,3)51-26(49)18-10-17(18)25(48)50-14-45(28(13-41)7-8-28)24(47)19-9-15(5-6-20(19)32)16-11-42-46(12-16)23-21(30(35,36)37)22(43-44(23)4)29(33,34)31(38,39)40/h5-6,9,11-12,17-18H,7-8,10,14H2,1-4H3. The van der Waals surface area contributed by atoms with Crippen LogP contribution in [0.5, 0.6) is 0 Å². The van der Waals surface area contributed by atoms with Gasteiger partial charge in [0.2, 0.25) is 0 Å². The molecule has 1 aromatic carbocycles. The molecule has 0 bridgehead atoms. The van der Waals surface area contributed by atoms with Crippen molar-refractivity contribution in [3.05, 3.63) is 52.4 Å². The molecule has 1 amide bonds. The molecule has 5 rings (SSSR count). The Labute approximate surface area is 288 Å². The number of benzene rings is 1. The van der Waals surface area contributed by atoms with Crippen LogP contribution in [0.4, 0.5) is 35.1 Å². The number of nitriles is 1. The fourth-order valence-corrected chi connectivity index (χ4v) is 5.46. The summed E-state index contributed by atoms with van der Waals surface area (Å²) in [6.45, 7) is 4.31. The van der Waals surface area contributed by atoms with Crippen LogP contribution < -0.4 is 0 Å². The lowest BCUT2D eigenvalue weighted by atomic mass is 10.0. The van der Waals surface area contributed by atoms with Gasteiger partial charge in [-0.1, -0.05) is 17.7 Å². The Bertz CT molecular complexity index is 1940. The zero-order valence-corrected chi connectivity index (χ0v) is 27.8. The Morgan fingerprint density at radius 2 is 1.67 bits per heavy atom. The molecule has 0 radical (unpaired) electrons. The first-order valence-corrected chi connectivity index (χ1v) is 15.4. The smallest absolute Gasteiger partial charge is 0.459 e. The van der Waals surface area contributed by atoms with Crippen LogP contribution in [0.1, 0.15) is 61.6 Å². The van der Waals surface area contributed by atoms with E-state index in [1.165, 1.54) is 18.2 Å². The summed E-state index contributed by atoms with van der Waals surface area (Å²) in [6, 6.07) is 5.76. The van der Waals surface area contributed by atoms with Gasteiger partial charge in [0.25, 0.3) is 5.91 Å². The molecule has 274 valence electrons. The maximum absolute atomic E-state index is 14.2. The van der Waals surface area contributed by atoms with Gasteiger partial charge in [-0.25, -0.2) is 9.36 Å². The summed E-state index contributed by atoms with van der Waals surface area (Å²) < 4.78 is 121. The van der Waals surface area contributed by atoms with Crippen LogP contribution in [0, 0.1) is 23.2 Å². The highest BCUT2D eigenvalue weighted by atomic mass is 35.5. The molecule has 2 fully saturated rings. The normalized spacial score (nSPS) is 18.5. The van der Waals surface area contributed by atoms with Gasteiger partial charge in [-0.2, -0.15) is 50.6 Å². The molecule has 0 spiro atoms. The topological polar surface area (TPSA) is 132 Å². The lowest BCUT2D eigenvalue weighted by Crippen LogP contribution is -2.43. The zero-order valence-electron chi connectivity index (χ0n) is 27.0. The van der Waals surface area contributed by atoms with Gasteiger partial charge in [0.05, 0.1) is 34.7 Å². The Hall–Kier alpha value is -4.73. The molecule has 11 nitrogen and oxygen atoms in total. The fourth-order valence-electron chi connectivity index (χ4n) is 5.26. The van der Waals surface area contributed by atoms with E-state index < -0.39 is 82.9 Å². The minimum atomic E-state index is -6.39. The monoisotopic (exact) mass is 750 g/mol. The molecule has 2 aliphatic carbocycles. The number of carbonyl (C=O) groups is 3. The lowest BCUT2D eigenvalue weighted by molar-refractivity contribution is -0.292. The van der Waals surface area contributed by atoms with E-state index in [4.69, 9.17) is 21.1 Å². The molecular weight excluding hydrogens is 724 g/mol. The van der Waals surface area contributed by atoms with Crippen molar-refractivity contribution in [3.63, 3.8) is 0 Å². The van der Waals surface area contributed by atoms with Crippen molar-refractivity contribution in [3.8, 4) is 23.0 Å². The number of hydrogen-bond acceptors (Lipinski definition) is 8. The summed E-state index contributed by atoms with van der Waals surface area (Å²) in [5, 5.41) is 16.3. The molecule has 2 aliphatic rings.